The first-order chi connectivity index (χ1) is 10.3. The third-order valence-corrected chi connectivity index (χ3v) is 3.43. The second-order valence-electron chi connectivity index (χ2n) is 4.30. The van der Waals surface area contributed by atoms with Gasteiger partial charge >= 0.3 is 0 Å². The van der Waals surface area contributed by atoms with Crippen LogP contribution in [0.4, 0.5) is 0 Å². The van der Waals surface area contributed by atoms with Crippen LogP contribution in [0.3, 0.4) is 0 Å². The average molecular weight is 297 g/mol. The Labute approximate surface area is 124 Å². The Bertz CT molecular complexity index is 777. The zero-order valence-corrected chi connectivity index (χ0v) is 12.0. The molecule has 0 unspecified atom stereocenters. The number of hydrogen-bond acceptors (Lipinski definition) is 6. The Morgan fingerprint density at radius 2 is 2.05 bits per heavy atom. The van der Waals surface area contributed by atoms with Gasteiger partial charge in [0.1, 0.15) is 0 Å². The number of nitrogens with zero attached hydrogens (tertiary/aromatic N) is 5. The summed E-state index contributed by atoms with van der Waals surface area (Å²) >= 11 is 1.24. The third-order valence-electron chi connectivity index (χ3n) is 2.91. The van der Waals surface area contributed by atoms with E-state index < -0.39 is 0 Å². The van der Waals surface area contributed by atoms with Crippen molar-refractivity contribution >= 4 is 23.4 Å². The highest BCUT2D eigenvalue weighted by molar-refractivity contribution is 7.03. The smallest absolute Gasteiger partial charge is 0.208 e. The zero-order chi connectivity index (χ0) is 14.7. The fourth-order valence-corrected chi connectivity index (χ4v) is 2.28. The SMILES string of the molecule is Cc1c(C(=O)C=Cc2csnn2)nnn1-c1ccccc1. The summed E-state index contributed by atoms with van der Waals surface area (Å²) in [6.07, 6.45) is 3.05. The third kappa shape index (κ3) is 2.77. The van der Waals surface area contributed by atoms with Gasteiger partial charge < -0.3 is 0 Å². The van der Waals surface area contributed by atoms with Gasteiger partial charge in [-0.05, 0) is 42.7 Å². The van der Waals surface area contributed by atoms with E-state index in [1.54, 1.807) is 16.1 Å². The molecule has 0 saturated carbocycles. The van der Waals surface area contributed by atoms with Crippen molar-refractivity contribution in [1.82, 2.24) is 24.6 Å². The summed E-state index contributed by atoms with van der Waals surface area (Å²) in [4.78, 5) is 12.2. The fraction of sp³-hybridized carbons (Fsp3) is 0.0714. The molecule has 0 aliphatic carbocycles. The molecule has 3 aromatic rings. The van der Waals surface area contributed by atoms with Crippen molar-refractivity contribution in [2.75, 3.05) is 0 Å². The van der Waals surface area contributed by atoms with Gasteiger partial charge in [-0.3, -0.25) is 4.79 Å². The van der Waals surface area contributed by atoms with Crippen LogP contribution in [0.1, 0.15) is 21.9 Å². The maximum absolute atomic E-state index is 12.2. The van der Waals surface area contributed by atoms with Crippen LogP contribution >= 0.6 is 11.5 Å². The van der Waals surface area contributed by atoms with Crippen LogP contribution < -0.4 is 0 Å². The van der Waals surface area contributed by atoms with Gasteiger partial charge in [0.05, 0.1) is 17.1 Å². The number of rotatable bonds is 4. The van der Waals surface area contributed by atoms with E-state index in [2.05, 4.69) is 19.9 Å². The van der Waals surface area contributed by atoms with E-state index in [1.807, 2.05) is 37.3 Å². The van der Waals surface area contributed by atoms with Crippen LogP contribution in [-0.2, 0) is 0 Å². The molecule has 0 amide bonds. The molecule has 0 fully saturated rings. The van der Waals surface area contributed by atoms with E-state index in [4.69, 9.17) is 0 Å². The lowest BCUT2D eigenvalue weighted by molar-refractivity contribution is 0.104. The maximum Gasteiger partial charge on any atom is 0.208 e. The second kappa shape index (κ2) is 5.76. The molecule has 0 spiro atoms. The maximum atomic E-state index is 12.2. The monoisotopic (exact) mass is 297 g/mol. The molecule has 7 heteroatoms. The molecule has 3 rings (SSSR count). The minimum atomic E-state index is -0.206. The van der Waals surface area contributed by atoms with Crippen molar-refractivity contribution in [1.29, 1.82) is 0 Å². The van der Waals surface area contributed by atoms with Gasteiger partial charge in [0.2, 0.25) is 5.78 Å². The van der Waals surface area contributed by atoms with Gasteiger partial charge in [0, 0.05) is 5.38 Å². The van der Waals surface area contributed by atoms with E-state index in [9.17, 15) is 4.79 Å². The Morgan fingerprint density at radius 3 is 2.76 bits per heavy atom. The van der Waals surface area contributed by atoms with E-state index in [1.165, 1.54) is 17.6 Å². The summed E-state index contributed by atoms with van der Waals surface area (Å²) in [6.45, 7) is 1.82. The number of para-hydroxylation sites is 1. The highest BCUT2D eigenvalue weighted by Crippen LogP contribution is 2.13. The molecular weight excluding hydrogens is 286 g/mol. The van der Waals surface area contributed by atoms with Gasteiger partial charge in [0.15, 0.2) is 5.69 Å². The van der Waals surface area contributed by atoms with Gasteiger partial charge in [-0.2, -0.15) is 0 Å². The fourth-order valence-electron chi connectivity index (χ4n) is 1.86. The molecule has 104 valence electrons. The van der Waals surface area contributed by atoms with Crippen molar-refractivity contribution in [3.8, 4) is 5.69 Å². The number of aromatic nitrogens is 5. The number of carbonyl (C=O) groups is 1. The first-order valence-electron chi connectivity index (χ1n) is 6.23. The van der Waals surface area contributed by atoms with Gasteiger partial charge in [0.25, 0.3) is 0 Å². The zero-order valence-electron chi connectivity index (χ0n) is 11.2. The number of allylic oxidation sites excluding steroid dienone is 1. The van der Waals surface area contributed by atoms with Crippen molar-refractivity contribution in [2.45, 2.75) is 6.92 Å². The van der Waals surface area contributed by atoms with E-state index >= 15 is 0 Å². The summed E-state index contributed by atoms with van der Waals surface area (Å²) in [5.74, 6) is -0.206. The minimum Gasteiger partial charge on any atom is -0.287 e. The molecule has 1 aromatic carbocycles. The van der Waals surface area contributed by atoms with Crippen molar-refractivity contribution in [3.05, 3.63) is 58.9 Å². The lowest BCUT2D eigenvalue weighted by atomic mass is 10.2. The normalized spacial score (nSPS) is 11.1. The number of benzene rings is 1. The molecule has 0 N–H and O–H groups in total. The first-order valence-corrected chi connectivity index (χ1v) is 7.06. The van der Waals surface area contributed by atoms with E-state index in [0.29, 0.717) is 17.1 Å². The molecule has 21 heavy (non-hydrogen) atoms. The molecule has 0 saturated heterocycles. The summed E-state index contributed by atoms with van der Waals surface area (Å²) in [5, 5.41) is 13.6. The Kier molecular flexibility index (Phi) is 3.65. The van der Waals surface area contributed by atoms with Gasteiger partial charge in [-0.15, -0.1) is 10.2 Å². The molecule has 6 nitrogen and oxygen atoms in total. The molecule has 0 radical (unpaired) electrons. The van der Waals surface area contributed by atoms with Crippen molar-refractivity contribution in [2.24, 2.45) is 0 Å². The van der Waals surface area contributed by atoms with Gasteiger partial charge in [-0.1, -0.05) is 27.9 Å². The standard InChI is InChI=1S/C14H11N5OS/c1-10-14(13(20)8-7-11-9-21-18-15-11)16-17-19(10)12-5-3-2-4-6-12/h2-9H,1H3. The van der Waals surface area contributed by atoms with Crippen molar-refractivity contribution < 1.29 is 4.79 Å². The molecule has 0 atom stereocenters. The predicted octanol–water partition coefficient (Wildman–Crippen LogP) is 2.32. The molecular formula is C14H11N5OS. The van der Waals surface area contributed by atoms with Crippen molar-refractivity contribution in [3.63, 3.8) is 0 Å². The summed E-state index contributed by atoms with van der Waals surface area (Å²) < 4.78 is 5.38. The molecule has 2 aromatic heterocycles. The largest absolute Gasteiger partial charge is 0.287 e. The Hall–Kier alpha value is -2.67. The molecule has 0 aliphatic heterocycles. The van der Waals surface area contributed by atoms with Crippen LogP contribution in [-0.4, -0.2) is 30.4 Å². The highest BCUT2D eigenvalue weighted by atomic mass is 32.1. The van der Waals surface area contributed by atoms with Crippen LogP contribution in [0.5, 0.6) is 0 Å². The quantitative estimate of drug-likeness (QED) is 0.546. The highest BCUT2D eigenvalue weighted by Gasteiger charge is 2.15. The van der Waals surface area contributed by atoms with Crippen LogP contribution in [0.2, 0.25) is 0 Å². The molecule has 0 bridgehead atoms. The molecule has 0 aliphatic rings. The second-order valence-corrected chi connectivity index (χ2v) is 4.91. The van der Waals surface area contributed by atoms with E-state index in [-0.39, 0.29) is 5.78 Å². The summed E-state index contributed by atoms with van der Waals surface area (Å²) in [5.41, 5.74) is 2.56. The predicted molar refractivity (Wildman–Crippen MR) is 79.4 cm³/mol. The Morgan fingerprint density at radius 1 is 1.24 bits per heavy atom. The van der Waals surface area contributed by atoms with Gasteiger partial charge in [-0.25, -0.2) is 4.68 Å². The first kappa shape index (κ1) is 13.3. The minimum absolute atomic E-state index is 0.206. The lowest BCUT2D eigenvalue weighted by Crippen LogP contribution is -2.01. The lowest BCUT2D eigenvalue weighted by Gasteiger charge is -2.01. The Balaban J connectivity index is 1.87. The topological polar surface area (TPSA) is 73.6 Å². The molecule has 2 heterocycles. The van der Waals surface area contributed by atoms with E-state index in [0.717, 1.165) is 5.69 Å². The number of ketones is 1. The van der Waals surface area contributed by atoms with Crippen LogP contribution in [0.15, 0.2) is 41.8 Å². The van der Waals surface area contributed by atoms with Crippen LogP contribution in [0.25, 0.3) is 11.8 Å². The number of carbonyl (C=O) groups excluding carboxylic acids is 1. The van der Waals surface area contributed by atoms with Crippen LogP contribution in [0, 0.1) is 6.92 Å². The summed E-state index contributed by atoms with van der Waals surface area (Å²) in [6, 6.07) is 9.56. The summed E-state index contributed by atoms with van der Waals surface area (Å²) in [7, 11) is 0. The average Bonchev–Trinajstić information content (AvgIpc) is 3.15. The number of hydrogen-bond donors (Lipinski definition) is 0.